The molecule has 0 unspecified atom stereocenters. The average Bonchev–Trinajstić information content (AvgIpc) is 2.54. The van der Waals surface area contributed by atoms with Gasteiger partial charge in [-0.1, -0.05) is 63.1 Å². The Morgan fingerprint density at radius 3 is 2.39 bits per heavy atom. The Labute approximate surface area is 137 Å². The van der Waals surface area contributed by atoms with Crippen LogP contribution in [0.5, 0.6) is 5.75 Å². The van der Waals surface area contributed by atoms with E-state index < -0.39 is 6.16 Å². The maximum Gasteiger partial charge on any atom is 0.511 e. The van der Waals surface area contributed by atoms with Crippen molar-refractivity contribution in [3.63, 3.8) is 0 Å². The quantitative estimate of drug-likeness (QED) is 0.526. The SMILES string of the molecule is CCCCc1c(OC(=O)O)cccc1-c1ccccc1CCC. The van der Waals surface area contributed by atoms with E-state index >= 15 is 0 Å². The van der Waals surface area contributed by atoms with E-state index in [0.29, 0.717) is 5.75 Å². The molecule has 3 nitrogen and oxygen atoms in total. The molecule has 0 radical (unpaired) electrons. The first-order valence-electron chi connectivity index (χ1n) is 8.28. The van der Waals surface area contributed by atoms with Gasteiger partial charge in [0.05, 0.1) is 0 Å². The van der Waals surface area contributed by atoms with Crippen molar-refractivity contribution < 1.29 is 14.6 Å². The van der Waals surface area contributed by atoms with E-state index in [9.17, 15) is 4.79 Å². The molecule has 122 valence electrons. The van der Waals surface area contributed by atoms with Gasteiger partial charge in [-0.15, -0.1) is 0 Å². The van der Waals surface area contributed by atoms with E-state index in [0.717, 1.165) is 43.2 Å². The zero-order valence-corrected chi connectivity index (χ0v) is 13.8. The lowest BCUT2D eigenvalue weighted by molar-refractivity contribution is 0.144. The fourth-order valence-corrected chi connectivity index (χ4v) is 2.89. The van der Waals surface area contributed by atoms with Crippen LogP contribution in [-0.2, 0) is 12.8 Å². The summed E-state index contributed by atoms with van der Waals surface area (Å²) in [4.78, 5) is 11.0. The van der Waals surface area contributed by atoms with Crippen molar-refractivity contribution in [1.29, 1.82) is 0 Å². The minimum atomic E-state index is -1.26. The van der Waals surface area contributed by atoms with Crippen LogP contribution in [0.1, 0.15) is 44.2 Å². The summed E-state index contributed by atoms with van der Waals surface area (Å²) >= 11 is 0. The number of unbranched alkanes of at least 4 members (excludes halogenated alkanes) is 1. The Morgan fingerprint density at radius 2 is 1.70 bits per heavy atom. The highest BCUT2D eigenvalue weighted by Crippen LogP contribution is 2.34. The van der Waals surface area contributed by atoms with Crippen LogP contribution in [0.25, 0.3) is 11.1 Å². The van der Waals surface area contributed by atoms with Crippen LogP contribution in [0.3, 0.4) is 0 Å². The molecule has 1 N–H and O–H groups in total. The third kappa shape index (κ3) is 4.35. The third-order valence-electron chi connectivity index (χ3n) is 3.94. The molecule has 0 aromatic heterocycles. The van der Waals surface area contributed by atoms with Crippen LogP contribution < -0.4 is 4.74 Å². The summed E-state index contributed by atoms with van der Waals surface area (Å²) in [6.45, 7) is 4.30. The first kappa shape index (κ1) is 17.1. The Hall–Kier alpha value is -2.29. The Bertz CT molecular complexity index is 662. The van der Waals surface area contributed by atoms with Gasteiger partial charge in [0.25, 0.3) is 0 Å². The van der Waals surface area contributed by atoms with Gasteiger partial charge in [0.15, 0.2) is 0 Å². The molecule has 2 rings (SSSR count). The standard InChI is InChI=1S/C20H24O3/c1-3-5-11-18-17(13-8-14-19(18)23-20(21)22)16-12-7-6-10-15(16)9-4-2/h6-8,10,12-14H,3-5,9,11H2,1-2H3,(H,21,22). The van der Waals surface area contributed by atoms with Crippen molar-refractivity contribution in [2.45, 2.75) is 46.0 Å². The second-order valence-corrected chi connectivity index (χ2v) is 5.66. The van der Waals surface area contributed by atoms with E-state index in [-0.39, 0.29) is 0 Å². The first-order valence-corrected chi connectivity index (χ1v) is 8.28. The predicted molar refractivity (Wildman–Crippen MR) is 93.1 cm³/mol. The largest absolute Gasteiger partial charge is 0.511 e. The molecule has 3 heteroatoms. The maximum absolute atomic E-state index is 11.0. The van der Waals surface area contributed by atoms with Crippen molar-refractivity contribution in [1.82, 2.24) is 0 Å². The van der Waals surface area contributed by atoms with E-state index in [1.54, 1.807) is 6.07 Å². The number of carbonyl (C=O) groups is 1. The Morgan fingerprint density at radius 1 is 0.957 bits per heavy atom. The van der Waals surface area contributed by atoms with Gasteiger partial charge < -0.3 is 9.84 Å². The van der Waals surface area contributed by atoms with Gasteiger partial charge in [-0.05, 0) is 42.0 Å². The van der Waals surface area contributed by atoms with E-state index in [4.69, 9.17) is 9.84 Å². The lowest BCUT2D eigenvalue weighted by atomic mass is 9.91. The van der Waals surface area contributed by atoms with Gasteiger partial charge >= 0.3 is 6.16 Å². The zero-order chi connectivity index (χ0) is 16.7. The van der Waals surface area contributed by atoms with Crippen LogP contribution in [0.2, 0.25) is 0 Å². The summed E-state index contributed by atoms with van der Waals surface area (Å²) in [6, 6.07) is 14.0. The summed E-state index contributed by atoms with van der Waals surface area (Å²) in [6.07, 6.45) is 3.69. The average molecular weight is 312 g/mol. The third-order valence-corrected chi connectivity index (χ3v) is 3.94. The molecule has 2 aromatic rings. The highest BCUT2D eigenvalue weighted by Gasteiger charge is 2.15. The van der Waals surface area contributed by atoms with Crippen LogP contribution in [-0.4, -0.2) is 11.3 Å². The first-order chi connectivity index (χ1) is 11.2. The van der Waals surface area contributed by atoms with Gasteiger partial charge in [-0.25, -0.2) is 4.79 Å². The van der Waals surface area contributed by atoms with Crippen molar-refractivity contribution in [2.75, 3.05) is 0 Å². The number of ether oxygens (including phenoxy) is 1. The van der Waals surface area contributed by atoms with Crippen molar-refractivity contribution in [3.8, 4) is 16.9 Å². The van der Waals surface area contributed by atoms with Gasteiger partial charge in [0, 0.05) is 5.56 Å². The van der Waals surface area contributed by atoms with E-state index in [1.165, 1.54) is 11.1 Å². The molecule has 23 heavy (non-hydrogen) atoms. The molecule has 0 bridgehead atoms. The molecular formula is C20H24O3. The number of benzene rings is 2. The van der Waals surface area contributed by atoms with Gasteiger partial charge in [-0.3, -0.25) is 0 Å². The molecule has 0 saturated carbocycles. The molecule has 0 spiro atoms. The number of rotatable bonds is 7. The molecule has 2 aromatic carbocycles. The fourth-order valence-electron chi connectivity index (χ4n) is 2.89. The highest BCUT2D eigenvalue weighted by molar-refractivity contribution is 5.74. The van der Waals surface area contributed by atoms with Gasteiger partial charge in [0.2, 0.25) is 0 Å². The van der Waals surface area contributed by atoms with Crippen molar-refractivity contribution >= 4 is 6.16 Å². The minimum absolute atomic E-state index is 0.453. The highest BCUT2D eigenvalue weighted by atomic mass is 16.7. The van der Waals surface area contributed by atoms with E-state index in [1.807, 2.05) is 12.1 Å². The number of carboxylic acid groups (broad SMARTS) is 1. The normalized spacial score (nSPS) is 10.5. The molecule has 0 amide bonds. The second kappa shape index (κ2) is 8.37. The van der Waals surface area contributed by atoms with E-state index in [2.05, 4.69) is 38.1 Å². The Balaban J connectivity index is 2.54. The zero-order valence-electron chi connectivity index (χ0n) is 13.8. The maximum atomic E-state index is 11.0. The molecular weight excluding hydrogens is 288 g/mol. The summed E-state index contributed by atoms with van der Waals surface area (Å²) in [5, 5.41) is 8.99. The topological polar surface area (TPSA) is 46.5 Å². The molecule has 0 saturated heterocycles. The molecule has 0 fully saturated rings. The van der Waals surface area contributed by atoms with Gasteiger partial charge in [-0.2, -0.15) is 0 Å². The molecule has 0 aliphatic rings. The predicted octanol–water partition coefficient (Wildman–Crippen LogP) is 5.71. The number of hydrogen-bond acceptors (Lipinski definition) is 2. The summed E-state index contributed by atoms with van der Waals surface area (Å²) in [7, 11) is 0. The molecule has 0 aliphatic carbocycles. The molecule has 0 heterocycles. The smallest absolute Gasteiger partial charge is 0.449 e. The van der Waals surface area contributed by atoms with Crippen LogP contribution in [0.4, 0.5) is 4.79 Å². The summed E-state index contributed by atoms with van der Waals surface area (Å²) < 4.78 is 5.02. The van der Waals surface area contributed by atoms with Crippen LogP contribution >= 0.6 is 0 Å². The monoisotopic (exact) mass is 312 g/mol. The summed E-state index contributed by atoms with van der Waals surface area (Å²) in [5.41, 5.74) is 4.54. The summed E-state index contributed by atoms with van der Waals surface area (Å²) in [5.74, 6) is 0.453. The van der Waals surface area contributed by atoms with Crippen LogP contribution in [0.15, 0.2) is 42.5 Å². The molecule has 0 aliphatic heterocycles. The number of hydrogen-bond donors (Lipinski definition) is 1. The fraction of sp³-hybridized carbons (Fsp3) is 0.350. The minimum Gasteiger partial charge on any atom is -0.449 e. The van der Waals surface area contributed by atoms with Crippen molar-refractivity contribution in [3.05, 3.63) is 53.6 Å². The van der Waals surface area contributed by atoms with Crippen molar-refractivity contribution in [2.24, 2.45) is 0 Å². The van der Waals surface area contributed by atoms with Crippen LogP contribution in [0, 0.1) is 0 Å². The lowest BCUT2D eigenvalue weighted by Crippen LogP contribution is -2.06. The van der Waals surface area contributed by atoms with Gasteiger partial charge in [0.1, 0.15) is 5.75 Å². The molecule has 0 atom stereocenters. The Kier molecular flexibility index (Phi) is 6.21. The second-order valence-electron chi connectivity index (χ2n) is 5.66. The lowest BCUT2D eigenvalue weighted by Gasteiger charge is -2.16. The number of aryl methyl sites for hydroxylation is 1.